The molecular weight excluding hydrogens is 638 g/mol. The monoisotopic (exact) mass is 659 g/mol. The summed E-state index contributed by atoms with van der Waals surface area (Å²) in [6.45, 7) is 0. The number of aromatic nitrogens is 8. The van der Waals surface area contributed by atoms with Gasteiger partial charge in [0, 0.05) is 41.0 Å². The molecule has 4 aromatic heterocycles. The van der Waals surface area contributed by atoms with Crippen LogP contribution in [0.1, 0.15) is 0 Å². The Morgan fingerprint density at radius 1 is 0.460 bits per heavy atom. The van der Waals surface area contributed by atoms with Gasteiger partial charge in [-0.3, -0.25) is 9.97 Å². The van der Waals surface area contributed by atoms with Crippen LogP contribution in [0.15, 0.2) is 122 Å². The van der Waals surface area contributed by atoms with Gasteiger partial charge in [-0.25, -0.2) is 0 Å². The second kappa shape index (κ2) is 12.3. The van der Waals surface area contributed by atoms with Crippen molar-refractivity contribution in [3.8, 4) is 58.8 Å². The van der Waals surface area contributed by atoms with Crippen molar-refractivity contribution in [1.29, 1.82) is 0 Å². The fourth-order valence-electron chi connectivity index (χ4n) is 5.14. The number of para-hydroxylation sites is 2. The van der Waals surface area contributed by atoms with Gasteiger partial charge in [-0.05, 0) is 48.5 Å². The van der Waals surface area contributed by atoms with Crippen LogP contribution in [0.4, 0.5) is 11.6 Å². The fraction of sp³-hybridized carbons (Fsp3) is 0. The lowest BCUT2D eigenvalue weighted by Gasteiger charge is -2.13. The van der Waals surface area contributed by atoms with Gasteiger partial charge < -0.3 is 29.0 Å². The van der Waals surface area contributed by atoms with E-state index in [4.69, 9.17) is 23.7 Å². The second-order valence-electron chi connectivity index (χ2n) is 10.7. The minimum atomic E-state index is -0.0847. The van der Waals surface area contributed by atoms with Crippen LogP contribution in [0, 0.1) is 0 Å². The van der Waals surface area contributed by atoms with Crippen LogP contribution in [0.5, 0.6) is 58.8 Å². The molecule has 0 spiro atoms. The van der Waals surface area contributed by atoms with E-state index in [2.05, 4.69) is 45.2 Å². The quantitative estimate of drug-likeness (QED) is 0.192. The molecule has 1 aliphatic heterocycles. The number of anilines is 2. The van der Waals surface area contributed by atoms with E-state index >= 15 is 0 Å². The molecule has 240 valence electrons. The van der Waals surface area contributed by atoms with Crippen molar-refractivity contribution in [2.24, 2.45) is 0 Å². The zero-order chi connectivity index (χ0) is 33.3. The number of hydrogen-bond acceptors (Lipinski definition) is 14. The molecule has 50 heavy (non-hydrogen) atoms. The third kappa shape index (κ3) is 6.02. The van der Waals surface area contributed by atoms with Crippen molar-refractivity contribution in [3.63, 3.8) is 0 Å². The Labute approximate surface area is 282 Å². The summed E-state index contributed by atoms with van der Waals surface area (Å²) in [5.41, 5.74) is 1.87. The summed E-state index contributed by atoms with van der Waals surface area (Å²) in [7, 11) is 0. The summed E-state index contributed by atoms with van der Waals surface area (Å²) >= 11 is 0. The number of hydrogen-bond donors (Lipinski definition) is 1. The first-order chi connectivity index (χ1) is 24.7. The van der Waals surface area contributed by atoms with Crippen molar-refractivity contribution in [1.82, 2.24) is 39.9 Å². The van der Waals surface area contributed by atoms with Crippen molar-refractivity contribution in [2.75, 3.05) is 5.32 Å². The van der Waals surface area contributed by atoms with E-state index in [9.17, 15) is 0 Å². The van der Waals surface area contributed by atoms with Crippen LogP contribution in [0.25, 0.3) is 21.8 Å². The van der Waals surface area contributed by atoms with Gasteiger partial charge in [0.15, 0.2) is 11.5 Å². The third-order valence-corrected chi connectivity index (χ3v) is 7.29. The van der Waals surface area contributed by atoms with Gasteiger partial charge >= 0.3 is 30.1 Å². The van der Waals surface area contributed by atoms with Crippen LogP contribution >= 0.6 is 0 Å². The smallest absolute Gasteiger partial charge is 0.331 e. The van der Waals surface area contributed by atoms with Crippen molar-refractivity contribution in [2.45, 2.75) is 0 Å². The second-order valence-corrected chi connectivity index (χ2v) is 10.7. The number of fused-ring (bicyclic) bond motifs is 10. The minimum Gasteiger partial charge on any atom is -0.424 e. The molecule has 0 radical (unpaired) electrons. The van der Waals surface area contributed by atoms with Gasteiger partial charge in [0.05, 0.1) is 0 Å². The Hall–Kier alpha value is -7.48. The topological polar surface area (TPSA) is 161 Å². The highest BCUT2D eigenvalue weighted by atomic mass is 16.5. The molecule has 0 atom stereocenters. The van der Waals surface area contributed by atoms with Crippen LogP contribution < -0.4 is 29.0 Å². The van der Waals surface area contributed by atoms with Gasteiger partial charge in [-0.1, -0.05) is 48.5 Å². The van der Waals surface area contributed by atoms with Crippen LogP contribution in [0.2, 0.25) is 0 Å². The molecule has 14 heteroatoms. The van der Waals surface area contributed by atoms with Gasteiger partial charge in [0.2, 0.25) is 5.95 Å². The number of ether oxygens (including phenoxy) is 5. The Kier molecular flexibility index (Phi) is 7.05. The van der Waals surface area contributed by atoms with E-state index in [-0.39, 0.29) is 36.0 Å². The molecule has 8 aromatic rings. The van der Waals surface area contributed by atoms with Gasteiger partial charge in [-0.2, -0.15) is 9.97 Å². The predicted octanol–water partition coefficient (Wildman–Crippen LogP) is 8.17. The van der Waals surface area contributed by atoms with Crippen molar-refractivity contribution in [3.05, 3.63) is 122 Å². The van der Waals surface area contributed by atoms with E-state index in [0.717, 1.165) is 10.8 Å². The molecule has 0 amide bonds. The molecule has 1 aliphatic rings. The summed E-state index contributed by atoms with van der Waals surface area (Å²) < 4.78 is 30.5. The number of benzene rings is 4. The summed E-state index contributed by atoms with van der Waals surface area (Å²) in [6, 6.07) is 32.3. The maximum Gasteiger partial charge on any atom is 0.331 e. The van der Waals surface area contributed by atoms with Crippen LogP contribution in [-0.2, 0) is 0 Å². The summed E-state index contributed by atoms with van der Waals surface area (Å²) in [5, 5.41) is 4.97. The molecule has 8 bridgehead atoms. The molecule has 4 aromatic carbocycles. The van der Waals surface area contributed by atoms with E-state index in [0.29, 0.717) is 45.5 Å². The maximum atomic E-state index is 6.14. The third-order valence-electron chi connectivity index (χ3n) is 7.29. The molecule has 0 saturated heterocycles. The highest BCUT2D eigenvalue weighted by molar-refractivity contribution is 5.85. The summed E-state index contributed by atoms with van der Waals surface area (Å²) in [6.07, 6.45) is 3.37. The van der Waals surface area contributed by atoms with Crippen LogP contribution in [0.3, 0.4) is 0 Å². The standard InChI is InChI=1S/C36H21N9O5/c1-7-21-9-5-17-37-29(21)27(15-1)49-33-41-31-39-23-11-3-12-24(19-23)46-34-43-35(48-26-14-4-13-25(20-26)47-32(40-31)42-33)45-36(44-34)50-28-16-2-8-22-10-6-18-38-30(22)28/h1-20H,(H,39,40,41,42). The van der Waals surface area contributed by atoms with E-state index < -0.39 is 0 Å². The fourth-order valence-corrected chi connectivity index (χ4v) is 5.14. The number of pyridine rings is 2. The highest BCUT2D eigenvalue weighted by Gasteiger charge is 2.18. The number of nitrogens with zero attached hydrogens (tertiary/aromatic N) is 8. The highest BCUT2D eigenvalue weighted by Crippen LogP contribution is 2.34. The van der Waals surface area contributed by atoms with Gasteiger partial charge in [-0.15, -0.1) is 19.9 Å². The van der Waals surface area contributed by atoms with Gasteiger partial charge in [0.25, 0.3) is 0 Å². The Bertz CT molecular complexity index is 2290. The molecule has 1 N–H and O–H groups in total. The van der Waals surface area contributed by atoms with E-state index in [1.54, 1.807) is 67.0 Å². The SMILES string of the molecule is c1cc2cc(c1)Oc1nc(nc(Oc3cccc4cccnc34)n1)Oc1cccc(c1)Oc1nc(nc(Oc3cccc4cccnc34)n1)N2. The molecule has 0 saturated carbocycles. The minimum absolute atomic E-state index is 0.0157. The summed E-state index contributed by atoms with van der Waals surface area (Å²) in [5.74, 6) is 2.16. The lowest BCUT2D eigenvalue weighted by atomic mass is 10.2. The zero-order valence-corrected chi connectivity index (χ0v) is 25.7. The number of nitrogens with one attached hydrogen (secondary N) is 1. The van der Waals surface area contributed by atoms with E-state index in [1.165, 1.54) is 0 Å². The Morgan fingerprint density at radius 3 is 1.58 bits per heavy atom. The van der Waals surface area contributed by atoms with Crippen molar-refractivity contribution < 1.29 is 23.7 Å². The predicted molar refractivity (Wildman–Crippen MR) is 180 cm³/mol. The Balaban J connectivity index is 1.10. The average Bonchev–Trinajstić information content (AvgIpc) is 3.12. The molecule has 0 aliphatic carbocycles. The summed E-state index contributed by atoms with van der Waals surface area (Å²) in [4.78, 5) is 35.5. The molecule has 0 fully saturated rings. The first kappa shape index (κ1) is 28.7. The molecule has 5 heterocycles. The van der Waals surface area contributed by atoms with Crippen molar-refractivity contribution >= 4 is 33.4 Å². The van der Waals surface area contributed by atoms with Crippen LogP contribution in [-0.4, -0.2) is 39.9 Å². The molecular formula is C36H21N9O5. The lowest BCUT2D eigenvalue weighted by Crippen LogP contribution is -2.05. The number of rotatable bonds is 4. The lowest BCUT2D eigenvalue weighted by molar-refractivity contribution is 0.361. The first-order valence-electron chi connectivity index (χ1n) is 15.2. The van der Waals surface area contributed by atoms with E-state index in [1.807, 2.05) is 54.6 Å². The zero-order valence-electron chi connectivity index (χ0n) is 25.7. The molecule has 0 unspecified atom stereocenters. The Morgan fingerprint density at radius 2 is 0.960 bits per heavy atom. The average molecular weight is 660 g/mol. The maximum absolute atomic E-state index is 6.14. The molecule has 14 nitrogen and oxygen atoms in total. The van der Waals surface area contributed by atoms with Gasteiger partial charge in [0.1, 0.15) is 28.3 Å². The first-order valence-corrected chi connectivity index (χ1v) is 15.2. The normalized spacial score (nSPS) is 11.8. The largest absolute Gasteiger partial charge is 0.424 e. The molecule has 9 rings (SSSR count).